The van der Waals surface area contributed by atoms with E-state index in [1.807, 2.05) is 32.0 Å². The molecule has 0 aromatic heterocycles. The standard InChI is InChI=1S/C26H32FN3O4/c1-18(2)23(24(32)28-21-8-4-3-5-9-21)30-16-15-26(25(30)33,17-22(31)29-34)14-6-7-19-10-12-20(27)13-11-19/h3-5,8-13,18,23,34H,6-7,14-17H2,1-2H3,(H,28,32)(H,29,31)/t23-,26+/m1/s1. The number of hydroxylamine groups is 1. The van der Waals surface area contributed by atoms with E-state index in [9.17, 15) is 18.8 Å². The second-order valence-electron chi connectivity index (χ2n) is 9.26. The Labute approximate surface area is 199 Å². The van der Waals surface area contributed by atoms with Gasteiger partial charge in [-0.2, -0.15) is 0 Å². The van der Waals surface area contributed by atoms with Gasteiger partial charge in [0.25, 0.3) is 0 Å². The van der Waals surface area contributed by atoms with Gasteiger partial charge in [0.2, 0.25) is 17.7 Å². The highest BCUT2D eigenvalue weighted by molar-refractivity contribution is 5.99. The number of hydrogen-bond acceptors (Lipinski definition) is 4. The number of para-hydroxylation sites is 1. The average Bonchev–Trinajstić information content (AvgIpc) is 3.11. The minimum atomic E-state index is -1.01. The topological polar surface area (TPSA) is 98.7 Å². The SMILES string of the molecule is CC(C)[C@H](C(=O)Nc1ccccc1)N1CC[C@@](CCCc2ccc(F)cc2)(CC(=O)NO)C1=O. The first-order valence-corrected chi connectivity index (χ1v) is 11.6. The van der Waals surface area contributed by atoms with E-state index < -0.39 is 17.4 Å². The van der Waals surface area contributed by atoms with Crippen LogP contribution in [0.3, 0.4) is 0 Å². The Morgan fingerprint density at radius 2 is 1.79 bits per heavy atom. The van der Waals surface area contributed by atoms with Gasteiger partial charge in [0.1, 0.15) is 11.9 Å². The largest absolute Gasteiger partial charge is 0.330 e. The smallest absolute Gasteiger partial charge is 0.247 e. The fourth-order valence-electron chi connectivity index (χ4n) is 4.77. The van der Waals surface area contributed by atoms with Gasteiger partial charge >= 0.3 is 0 Å². The van der Waals surface area contributed by atoms with E-state index in [1.54, 1.807) is 34.6 Å². The molecule has 0 spiro atoms. The van der Waals surface area contributed by atoms with Crippen LogP contribution in [0.5, 0.6) is 0 Å². The summed E-state index contributed by atoms with van der Waals surface area (Å²) in [6.45, 7) is 4.12. The number of amides is 3. The lowest BCUT2D eigenvalue weighted by Gasteiger charge is -2.33. The second kappa shape index (κ2) is 11.2. The summed E-state index contributed by atoms with van der Waals surface area (Å²) < 4.78 is 13.2. The van der Waals surface area contributed by atoms with Crippen molar-refractivity contribution in [1.29, 1.82) is 0 Å². The van der Waals surface area contributed by atoms with Gasteiger partial charge in [0.05, 0.1) is 5.41 Å². The van der Waals surface area contributed by atoms with Gasteiger partial charge in [0.15, 0.2) is 0 Å². The molecule has 1 aliphatic rings. The lowest BCUT2D eigenvalue weighted by atomic mass is 9.77. The maximum atomic E-state index is 13.7. The van der Waals surface area contributed by atoms with Crippen molar-refractivity contribution in [2.24, 2.45) is 11.3 Å². The highest BCUT2D eigenvalue weighted by atomic mass is 19.1. The van der Waals surface area contributed by atoms with Gasteiger partial charge in [-0.1, -0.05) is 44.2 Å². The summed E-state index contributed by atoms with van der Waals surface area (Å²) in [6, 6.07) is 14.6. The molecule has 1 fully saturated rings. The van der Waals surface area contributed by atoms with E-state index in [0.29, 0.717) is 37.9 Å². The van der Waals surface area contributed by atoms with Gasteiger partial charge in [-0.3, -0.25) is 19.6 Å². The van der Waals surface area contributed by atoms with Gasteiger partial charge in [0, 0.05) is 18.7 Å². The van der Waals surface area contributed by atoms with E-state index in [2.05, 4.69) is 5.32 Å². The van der Waals surface area contributed by atoms with E-state index >= 15 is 0 Å². The van der Waals surface area contributed by atoms with Crippen molar-refractivity contribution in [1.82, 2.24) is 10.4 Å². The zero-order chi connectivity index (χ0) is 24.7. The molecule has 1 saturated heterocycles. The number of halogens is 1. The molecule has 0 aliphatic carbocycles. The molecule has 3 amide bonds. The number of likely N-dealkylation sites (tertiary alicyclic amines) is 1. The molecule has 0 saturated carbocycles. The van der Waals surface area contributed by atoms with Crippen LogP contribution in [-0.2, 0) is 20.8 Å². The summed E-state index contributed by atoms with van der Waals surface area (Å²) in [5, 5.41) is 12.0. The fraction of sp³-hybridized carbons (Fsp3) is 0.423. The van der Waals surface area contributed by atoms with Gasteiger partial charge < -0.3 is 10.2 Å². The number of rotatable bonds is 10. The van der Waals surface area contributed by atoms with E-state index in [4.69, 9.17) is 5.21 Å². The Kier molecular flexibility index (Phi) is 8.39. The molecule has 2 aromatic rings. The molecule has 8 heteroatoms. The second-order valence-corrected chi connectivity index (χ2v) is 9.26. The van der Waals surface area contributed by atoms with Crippen LogP contribution in [0.4, 0.5) is 10.1 Å². The molecule has 34 heavy (non-hydrogen) atoms. The zero-order valence-electron chi connectivity index (χ0n) is 19.6. The summed E-state index contributed by atoms with van der Waals surface area (Å²) in [5.41, 5.74) is 2.22. The summed E-state index contributed by atoms with van der Waals surface area (Å²) in [4.78, 5) is 40.5. The highest BCUT2D eigenvalue weighted by Crippen LogP contribution is 2.42. The normalized spacial score (nSPS) is 18.7. The first-order chi connectivity index (χ1) is 16.3. The van der Waals surface area contributed by atoms with Crippen molar-refractivity contribution in [2.45, 2.75) is 52.0 Å². The Balaban J connectivity index is 1.76. The van der Waals surface area contributed by atoms with Crippen LogP contribution >= 0.6 is 0 Å². The van der Waals surface area contributed by atoms with Crippen LogP contribution in [0.15, 0.2) is 54.6 Å². The Bertz CT molecular complexity index is 997. The lowest BCUT2D eigenvalue weighted by molar-refractivity contribution is -0.146. The average molecular weight is 470 g/mol. The number of benzene rings is 2. The van der Waals surface area contributed by atoms with E-state index in [1.165, 1.54) is 12.1 Å². The Hall–Kier alpha value is -3.26. The molecule has 2 aromatic carbocycles. The first kappa shape index (κ1) is 25.4. The number of nitrogens with zero attached hydrogens (tertiary/aromatic N) is 1. The van der Waals surface area contributed by atoms with Gasteiger partial charge in [-0.05, 0) is 61.4 Å². The highest BCUT2D eigenvalue weighted by Gasteiger charge is 2.50. The maximum absolute atomic E-state index is 13.7. The maximum Gasteiger partial charge on any atom is 0.247 e. The molecule has 0 bridgehead atoms. The molecule has 7 nitrogen and oxygen atoms in total. The van der Waals surface area contributed by atoms with Crippen LogP contribution in [0.1, 0.15) is 45.1 Å². The van der Waals surface area contributed by atoms with Crippen LogP contribution in [-0.4, -0.2) is 40.4 Å². The quantitative estimate of drug-likeness (QED) is 0.363. The molecular weight excluding hydrogens is 437 g/mol. The summed E-state index contributed by atoms with van der Waals surface area (Å²) in [7, 11) is 0. The number of carbonyl (C=O) groups excluding carboxylic acids is 3. The van der Waals surface area contributed by atoms with Gasteiger partial charge in [-0.15, -0.1) is 0 Å². The summed E-state index contributed by atoms with van der Waals surface area (Å²) in [5.74, 6) is -1.61. The molecule has 3 N–H and O–H groups in total. The summed E-state index contributed by atoms with van der Waals surface area (Å²) >= 11 is 0. The monoisotopic (exact) mass is 469 g/mol. The van der Waals surface area contributed by atoms with Crippen LogP contribution in [0, 0.1) is 17.2 Å². The molecule has 0 radical (unpaired) electrons. The van der Waals surface area contributed by atoms with Crippen molar-refractivity contribution in [2.75, 3.05) is 11.9 Å². The fourth-order valence-corrected chi connectivity index (χ4v) is 4.77. The van der Waals surface area contributed by atoms with E-state index in [0.717, 1.165) is 5.56 Å². The molecule has 3 rings (SSSR count). The van der Waals surface area contributed by atoms with Crippen LogP contribution in [0.25, 0.3) is 0 Å². The van der Waals surface area contributed by atoms with Crippen LogP contribution < -0.4 is 10.8 Å². The molecule has 0 unspecified atom stereocenters. The number of hydrogen-bond donors (Lipinski definition) is 3. The van der Waals surface area contributed by atoms with Crippen molar-refractivity contribution >= 4 is 23.4 Å². The molecule has 182 valence electrons. The minimum absolute atomic E-state index is 0.144. The third kappa shape index (κ3) is 5.99. The molecule has 1 heterocycles. The molecule has 1 aliphatic heterocycles. The molecule has 2 atom stereocenters. The third-order valence-corrected chi connectivity index (χ3v) is 6.48. The Morgan fingerprint density at radius 3 is 2.41 bits per heavy atom. The van der Waals surface area contributed by atoms with Crippen molar-refractivity contribution in [3.8, 4) is 0 Å². The predicted molar refractivity (Wildman–Crippen MR) is 126 cm³/mol. The number of nitrogens with one attached hydrogen (secondary N) is 2. The molecular formula is C26H32FN3O4. The third-order valence-electron chi connectivity index (χ3n) is 6.48. The minimum Gasteiger partial charge on any atom is -0.330 e. The van der Waals surface area contributed by atoms with Crippen molar-refractivity contribution in [3.63, 3.8) is 0 Å². The number of anilines is 1. The first-order valence-electron chi connectivity index (χ1n) is 11.6. The summed E-state index contributed by atoms with van der Waals surface area (Å²) in [6.07, 6.45) is 1.89. The van der Waals surface area contributed by atoms with Crippen molar-refractivity contribution < 1.29 is 24.0 Å². The van der Waals surface area contributed by atoms with Gasteiger partial charge in [-0.25, -0.2) is 9.87 Å². The van der Waals surface area contributed by atoms with Crippen LogP contribution in [0.2, 0.25) is 0 Å². The zero-order valence-corrected chi connectivity index (χ0v) is 19.6. The number of carbonyl (C=O) groups is 3. The van der Waals surface area contributed by atoms with Crippen molar-refractivity contribution in [3.05, 3.63) is 66.0 Å². The lowest BCUT2D eigenvalue weighted by Crippen LogP contribution is -2.50. The number of aryl methyl sites for hydroxylation is 1. The predicted octanol–water partition coefficient (Wildman–Crippen LogP) is 3.93. The van der Waals surface area contributed by atoms with E-state index in [-0.39, 0.29) is 30.0 Å². The Morgan fingerprint density at radius 1 is 1.12 bits per heavy atom.